The minimum Gasteiger partial charge on any atom is -0.324 e. The second-order valence-corrected chi connectivity index (χ2v) is 7.37. The van der Waals surface area contributed by atoms with Crippen molar-refractivity contribution >= 4 is 29.1 Å². The minimum atomic E-state index is -0.518. The van der Waals surface area contributed by atoms with Crippen LogP contribution < -0.4 is 10.6 Å². The number of hydrogen-bond acceptors (Lipinski definition) is 3. The first-order chi connectivity index (χ1) is 13.9. The summed E-state index contributed by atoms with van der Waals surface area (Å²) in [6, 6.07) is 11.9. The number of anilines is 2. The number of hydrogen-bond donors (Lipinski definition) is 2. The van der Waals surface area contributed by atoms with E-state index in [1.54, 1.807) is 29.2 Å². The number of benzene rings is 2. The molecule has 2 aromatic rings. The minimum absolute atomic E-state index is 0.0653. The summed E-state index contributed by atoms with van der Waals surface area (Å²) in [5, 5.41) is 5.86. The normalized spacial score (nSPS) is 15.8. The number of aryl methyl sites for hydroxylation is 2. The Bertz CT molecular complexity index is 939. The van der Waals surface area contributed by atoms with Gasteiger partial charge in [-0.1, -0.05) is 37.3 Å². The Kier molecular flexibility index (Phi) is 6.32. The van der Waals surface area contributed by atoms with Crippen molar-refractivity contribution in [3.05, 3.63) is 59.2 Å². The number of Topliss-reactive ketones (excluding diaryl/α,β-unsaturated/α-hetero) is 1. The van der Waals surface area contributed by atoms with Gasteiger partial charge in [0.2, 0.25) is 5.91 Å². The second kappa shape index (κ2) is 8.90. The summed E-state index contributed by atoms with van der Waals surface area (Å²) in [6.07, 6.45) is 2.21. The first-order valence-corrected chi connectivity index (χ1v) is 9.98. The van der Waals surface area contributed by atoms with Gasteiger partial charge < -0.3 is 15.5 Å². The summed E-state index contributed by atoms with van der Waals surface area (Å²) in [5.74, 6) is -0.233. The number of carbonyl (C=O) groups excluding carboxylic acids is 3. The Balaban J connectivity index is 1.72. The predicted molar refractivity (Wildman–Crippen MR) is 114 cm³/mol. The first-order valence-electron chi connectivity index (χ1n) is 9.98. The van der Waals surface area contributed by atoms with Crippen LogP contribution in [0.1, 0.15) is 48.2 Å². The van der Waals surface area contributed by atoms with Crippen LogP contribution in [0.15, 0.2) is 42.5 Å². The molecule has 1 saturated heterocycles. The number of nitrogens with one attached hydrogen (secondary N) is 2. The highest BCUT2D eigenvalue weighted by Crippen LogP contribution is 2.25. The lowest BCUT2D eigenvalue weighted by molar-refractivity contribution is -0.119. The van der Waals surface area contributed by atoms with E-state index in [4.69, 9.17) is 0 Å². The van der Waals surface area contributed by atoms with Gasteiger partial charge in [-0.3, -0.25) is 9.59 Å². The smallest absolute Gasteiger partial charge is 0.322 e. The van der Waals surface area contributed by atoms with Gasteiger partial charge in [0.1, 0.15) is 6.04 Å². The summed E-state index contributed by atoms with van der Waals surface area (Å²) < 4.78 is 0. The molecule has 1 fully saturated rings. The molecule has 0 unspecified atom stereocenters. The maximum absolute atomic E-state index is 13.0. The van der Waals surface area contributed by atoms with Crippen molar-refractivity contribution in [2.45, 2.75) is 46.1 Å². The average Bonchev–Trinajstić information content (AvgIpc) is 3.20. The van der Waals surface area contributed by atoms with Crippen molar-refractivity contribution in [1.29, 1.82) is 0 Å². The van der Waals surface area contributed by atoms with Gasteiger partial charge in [-0.25, -0.2) is 4.79 Å². The van der Waals surface area contributed by atoms with Gasteiger partial charge in [-0.05, 0) is 56.4 Å². The highest BCUT2D eigenvalue weighted by Gasteiger charge is 2.34. The Hall–Kier alpha value is -3.15. The second-order valence-electron chi connectivity index (χ2n) is 7.37. The van der Waals surface area contributed by atoms with Gasteiger partial charge in [-0.2, -0.15) is 0 Å². The van der Waals surface area contributed by atoms with E-state index in [-0.39, 0.29) is 17.7 Å². The molecule has 1 heterocycles. The lowest BCUT2D eigenvalue weighted by Gasteiger charge is -2.25. The molecule has 6 heteroatoms. The van der Waals surface area contributed by atoms with Gasteiger partial charge >= 0.3 is 6.03 Å². The van der Waals surface area contributed by atoms with E-state index in [9.17, 15) is 14.4 Å². The molecular formula is C23H27N3O3. The summed E-state index contributed by atoms with van der Waals surface area (Å²) in [7, 11) is 0. The van der Waals surface area contributed by atoms with Crippen molar-refractivity contribution in [2.24, 2.45) is 0 Å². The molecule has 2 N–H and O–H groups in total. The average molecular weight is 393 g/mol. The zero-order valence-electron chi connectivity index (χ0n) is 17.1. The van der Waals surface area contributed by atoms with Crippen molar-refractivity contribution in [1.82, 2.24) is 4.90 Å². The lowest BCUT2D eigenvalue weighted by Crippen LogP contribution is -2.45. The van der Waals surface area contributed by atoms with Crippen LogP contribution in [0.4, 0.5) is 16.2 Å². The molecule has 6 nitrogen and oxygen atoms in total. The Morgan fingerprint density at radius 3 is 2.59 bits per heavy atom. The van der Waals surface area contributed by atoms with Crippen LogP contribution in [0.3, 0.4) is 0 Å². The quantitative estimate of drug-likeness (QED) is 0.739. The third-order valence-corrected chi connectivity index (χ3v) is 5.32. The standard InChI is InChI=1S/C23H27N3O3/c1-4-17-9-5-8-15(2)21(17)25-22(28)20-12-7-13-26(20)23(29)24-19-11-6-10-18(14-19)16(3)27/h5-6,8-11,14,20H,4,7,12-13H2,1-3H3,(H,24,29)(H,25,28)/t20-/m1/s1. The molecule has 1 aliphatic rings. The van der Waals surface area contributed by atoms with Crippen molar-refractivity contribution < 1.29 is 14.4 Å². The number of rotatable bonds is 5. The highest BCUT2D eigenvalue weighted by molar-refractivity contribution is 6.01. The van der Waals surface area contributed by atoms with Crippen LogP contribution >= 0.6 is 0 Å². The number of urea groups is 1. The molecule has 0 aromatic heterocycles. The highest BCUT2D eigenvalue weighted by atomic mass is 16.2. The summed E-state index contributed by atoms with van der Waals surface area (Å²) >= 11 is 0. The maximum Gasteiger partial charge on any atom is 0.322 e. The van der Waals surface area contributed by atoms with E-state index >= 15 is 0 Å². The van der Waals surface area contributed by atoms with Crippen molar-refractivity contribution in [3.63, 3.8) is 0 Å². The molecule has 0 bridgehead atoms. The van der Waals surface area contributed by atoms with Gasteiger partial charge in [0.15, 0.2) is 5.78 Å². The number of amides is 3. The number of likely N-dealkylation sites (tertiary alicyclic amines) is 1. The molecule has 0 spiro atoms. The largest absolute Gasteiger partial charge is 0.324 e. The number of ketones is 1. The van der Waals surface area contributed by atoms with E-state index in [1.165, 1.54) is 6.92 Å². The lowest BCUT2D eigenvalue weighted by atomic mass is 10.1. The topological polar surface area (TPSA) is 78.5 Å². The third kappa shape index (κ3) is 4.65. The molecule has 0 radical (unpaired) electrons. The van der Waals surface area contributed by atoms with Gasteiger partial charge in [-0.15, -0.1) is 0 Å². The van der Waals surface area contributed by atoms with Crippen LogP contribution in [0.2, 0.25) is 0 Å². The maximum atomic E-state index is 13.0. The molecule has 1 aliphatic heterocycles. The number of carbonyl (C=O) groups is 3. The van der Waals surface area contributed by atoms with Gasteiger partial charge in [0.05, 0.1) is 0 Å². The Morgan fingerprint density at radius 1 is 1.10 bits per heavy atom. The molecule has 1 atom stereocenters. The SMILES string of the molecule is CCc1cccc(C)c1NC(=O)[C@H]1CCCN1C(=O)Nc1cccc(C(C)=O)c1. The van der Waals surface area contributed by atoms with Crippen molar-refractivity contribution in [2.75, 3.05) is 17.2 Å². The predicted octanol–water partition coefficient (Wildman–Crippen LogP) is 4.40. The number of para-hydroxylation sites is 1. The fourth-order valence-electron chi connectivity index (χ4n) is 3.70. The zero-order chi connectivity index (χ0) is 21.0. The molecular weight excluding hydrogens is 366 g/mol. The van der Waals surface area contributed by atoms with E-state index in [0.29, 0.717) is 24.2 Å². The fraction of sp³-hybridized carbons (Fsp3) is 0.348. The summed E-state index contributed by atoms with van der Waals surface area (Å²) in [4.78, 5) is 38.9. The van der Waals surface area contributed by atoms with Crippen LogP contribution in [-0.2, 0) is 11.2 Å². The van der Waals surface area contributed by atoms with Crippen LogP contribution in [-0.4, -0.2) is 35.2 Å². The van der Waals surface area contributed by atoms with Crippen molar-refractivity contribution in [3.8, 4) is 0 Å². The zero-order valence-corrected chi connectivity index (χ0v) is 17.1. The summed E-state index contributed by atoms with van der Waals surface area (Å²) in [6.45, 7) is 6.02. The Morgan fingerprint density at radius 2 is 1.86 bits per heavy atom. The van der Waals surface area contributed by atoms with Crippen LogP contribution in [0.25, 0.3) is 0 Å². The van der Waals surface area contributed by atoms with Gasteiger partial charge in [0, 0.05) is 23.5 Å². The molecule has 2 aromatic carbocycles. The number of nitrogens with zero attached hydrogens (tertiary/aromatic N) is 1. The summed E-state index contributed by atoms with van der Waals surface area (Å²) in [5.41, 5.74) is 3.99. The van der Waals surface area contributed by atoms with Gasteiger partial charge in [0.25, 0.3) is 0 Å². The fourth-order valence-corrected chi connectivity index (χ4v) is 3.70. The monoisotopic (exact) mass is 393 g/mol. The van der Waals surface area contributed by atoms with E-state index in [0.717, 1.165) is 29.7 Å². The van der Waals surface area contributed by atoms with E-state index < -0.39 is 6.04 Å². The van der Waals surface area contributed by atoms with Crippen LogP contribution in [0.5, 0.6) is 0 Å². The van der Waals surface area contributed by atoms with E-state index in [2.05, 4.69) is 17.6 Å². The molecule has 152 valence electrons. The third-order valence-electron chi connectivity index (χ3n) is 5.32. The van der Waals surface area contributed by atoms with E-state index in [1.807, 2.05) is 25.1 Å². The molecule has 29 heavy (non-hydrogen) atoms. The molecule has 0 saturated carbocycles. The molecule has 3 rings (SSSR count). The molecule has 0 aliphatic carbocycles. The molecule has 3 amide bonds. The Labute approximate surface area is 171 Å². The van der Waals surface area contributed by atoms with Crippen LogP contribution in [0, 0.1) is 6.92 Å². The first kappa shape index (κ1) is 20.6.